The highest BCUT2D eigenvalue weighted by atomic mass is 32.1. The summed E-state index contributed by atoms with van der Waals surface area (Å²) in [5.41, 5.74) is 3.97. The Labute approximate surface area is 204 Å². The number of allylic oxidation sites excluding steroid dienone is 8. The molecule has 0 radical (unpaired) electrons. The number of thiol groups is 1. The van der Waals surface area contributed by atoms with E-state index in [1.165, 1.54) is 56.2 Å². The van der Waals surface area contributed by atoms with Crippen molar-refractivity contribution in [2.45, 2.75) is 78.6 Å². The molecule has 0 atom stereocenters. The van der Waals surface area contributed by atoms with E-state index < -0.39 is 0 Å². The highest BCUT2D eigenvalue weighted by Crippen LogP contribution is 2.32. The number of unbranched alkanes of at least 4 members (excludes halogenated alkanes) is 1. The number of hydrogen-bond donors (Lipinski definition) is 2. The van der Waals surface area contributed by atoms with E-state index in [0.29, 0.717) is 0 Å². The Hall–Kier alpha value is -1.52. The zero-order chi connectivity index (χ0) is 23.4. The first-order valence-corrected chi connectivity index (χ1v) is 13.0. The fraction of sp³-hybridized carbons (Fsp3) is 0.607. The normalized spacial score (nSPS) is 18.2. The number of aliphatic imine (C=N–C) groups is 1. The summed E-state index contributed by atoms with van der Waals surface area (Å²) in [5.74, 6) is 0.880. The van der Waals surface area contributed by atoms with Crippen LogP contribution in [0.3, 0.4) is 0 Å². The van der Waals surface area contributed by atoms with E-state index in [1.807, 2.05) is 12.3 Å². The fourth-order valence-electron chi connectivity index (χ4n) is 4.05. The van der Waals surface area contributed by atoms with Crippen LogP contribution in [0, 0.1) is 5.92 Å². The molecule has 32 heavy (non-hydrogen) atoms. The Morgan fingerprint density at radius 2 is 2.00 bits per heavy atom. The van der Waals surface area contributed by atoms with Gasteiger partial charge in [-0.25, -0.2) is 0 Å². The third kappa shape index (κ3) is 13.8. The minimum Gasteiger partial charge on any atom is -0.384 e. The summed E-state index contributed by atoms with van der Waals surface area (Å²) in [5, 5.41) is 3.50. The maximum atomic E-state index is 4.65. The lowest BCUT2D eigenvalue weighted by Gasteiger charge is -2.24. The smallest absolute Gasteiger partial charge is 0.0386 e. The van der Waals surface area contributed by atoms with E-state index in [2.05, 4.69) is 85.2 Å². The zero-order valence-corrected chi connectivity index (χ0v) is 21.8. The molecule has 0 aromatic heterocycles. The lowest BCUT2D eigenvalue weighted by molar-refractivity contribution is 0.359. The van der Waals surface area contributed by atoms with E-state index >= 15 is 0 Å². The summed E-state index contributed by atoms with van der Waals surface area (Å²) in [4.78, 5) is 4.49. The van der Waals surface area contributed by atoms with Gasteiger partial charge in [0.2, 0.25) is 0 Å². The van der Waals surface area contributed by atoms with Gasteiger partial charge in [0.25, 0.3) is 0 Å². The zero-order valence-electron chi connectivity index (χ0n) is 20.9. The minimum absolute atomic E-state index is 0.880. The van der Waals surface area contributed by atoms with E-state index in [1.54, 1.807) is 5.57 Å². The second-order valence-electron chi connectivity index (χ2n) is 8.63. The van der Waals surface area contributed by atoms with Gasteiger partial charge in [0.05, 0.1) is 0 Å². The third-order valence-electron chi connectivity index (χ3n) is 5.77. The quantitative estimate of drug-likeness (QED) is 0.109. The van der Waals surface area contributed by atoms with Gasteiger partial charge in [-0.1, -0.05) is 82.0 Å². The second kappa shape index (κ2) is 19.0. The Morgan fingerprint density at radius 1 is 1.22 bits per heavy atom. The molecule has 1 saturated carbocycles. The Balaban J connectivity index is 2.23. The number of hydrogen-bond acceptors (Lipinski definition) is 4. The van der Waals surface area contributed by atoms with Gasteiger partial charge in [-0.2, -0.15) is 0 Å². The molecule has 0 heterocycles. The molecule has 0 bridgehead atoms. The number of nitrogens with one attached hydrogen (secondary N) is 1. The van der Waals surface area contributed by atoms with Crippen molar-refractivity contribution in [1.82, 2.24) is 9.62 Å². The van der Waals surface area contributed by atoms with Crippen LogP contribution in [0.1, 0.15) is 78.6 Å². The average Bonchev–Trinajstić information content (AvgIpc) is 2.78. The van der Waals surface area contributed by atoms with Crippen LogP contribution in [0.4, 0.5) is 0 Å². The topological polar surface area (TPSA) is 27.6 Å². The third-order valence-corrected chi connectivity index (χ3v) is 6.17. The summed E-state index contributed by atoms with van der Waals surface area (Å²) < 4.78 is 2.15. The molecule has 180 valence electrons. The summed E-state index contributed by atoms with van der Waals surface area (Å²) >= 11 is 4.65. The monoisotopic (exact) mass is 457 g/mol. The first-order chi connectivity index (χ1) is 15.6. The first-order valence-electron chi connectivity index (χ1n) is 12.6. The van der Waals surface area contributed by atoms with Crippen molar-refractivity contribution in [3.8, 4) is 0 Å². The van der Waals surface area contributed by atoms with Gasteiger partial charge in [-0.05, 0) is 69.4 Å². The first kappa shape index (κ1) is 28.5. The lowest BCUT2D eigenvalue weighted by Crippen LogP contribution is -2.26. The molecular weight excluding hydrogens is 410 g/mol. The van der Waals surface area contributed by atoms with Gasteiger partial charge < -0.3 is 5.32 Å². The van der Waals surface area contributed by atoms with Gasteiger partial charge in [-0.3, -0.25) is 9.30 Å². The van der Waals surface area contributed by atoms with Crippen molar-refractivity contribution in [3.05, 3.63) is 59.9 Å². The summed E-state index contributed by atoms with van der Waals surface area (Å²) in [6, 6.07) is 0. The summed E-state index contributed by atoms with van der Waals surface area (Å²) in [6.07, 6.45) is 25.8. The average molecular weight is 458 g/mol. The minimum atomic E-state index is 0.880. The molecule has 1 rings (SSSR count). The molecular formula is C28H47N3S. The van der Waals surface area contributed by atoms with Crippen LogP contribution >= 0.6 is 12.8 Å². The van der Waals surface area contributed by atoms with E-state index in [0.717, 1.165) is 44.9 Å². The van der Waals surface area contributed by atoms with Crippen molar-refractivity contribution >= 4 is 19.0 Å². The van der Waals surface area contributed by atoms with Gasteiger partial charge in [0.15, 0.2) is 0 Å². The molecule has 0 aromatic rings. The van der Waals surface area contributed by atoms with Crippen molar-refractivity contribution in [3.63, 3.8) is 0 Å². The molecule has 0 aliphatic heterocycles. The molecule has 0 aromatic carbocycles. The molecule has 0 spiro atoms. The Kier molecular flexibility index (Phi) is 16.9. The van der Waals surface area contributed by atoms with Crippen LogP contribution in [-0.2, 0) is 0 Å². The molecule has 0 unspecified atom stereocenters. The predicted molar refractivity (Wildman–Crippen MR) is 148 cm³/mol. The maximum Gasteiger partial charge on any atom is 0.0386 e. The van der Waals surface area contributed by atoms with E-state index in [-0.39, 0.29) is 0 Å². The van der Waals surface area contributed by atoms with Gasteiger partial charge in [-0.15, -0.1) is 0 Å². The van der Waals surface area contributed by atoms with Crippen LogP contribution < -0.4 is 5.32 Å². The molecule has 4 heteroatoms. The molecule has 1 N–H and O–H groups in total. The maximum absolute atomic E-state index is 4.65. The Morgan fingerprint density at radius 3 is 2.66 bits per heavy atom. The SMILES string of the molecule is C=C/C=C(/C=NCCC)C=C1CCC(CCCCN(S)CCNC(/C=C\C)=C/CC)CC1. The van der Waals surface area contributed by atoms with Crippen LogP contribution in [0.2, 0.25) is 0 Å². The predicted octanol–water partition coefficient (Wildman–Crippen LogP) is 7.47. The van der Waals surface area contributed by atoms with Crippen LogP contribution in [-0.4, -0.2) is 36.7 Å². The fourth-order valence-corrected chi connectivity index (χ4v) is 4.29. The van der Waals surface area contributed by atoms with Gasteiger partial charge in [0.1, 0.15) is 0 Å². The number of nitrogens with zero attached hydrogens (tertiary/aromatic N) is 2. The largest absolute Gasteiger partial charge is 0.384 e. The lowest BCUT2D eigenvalue weighted by atomic mass is 9.82. The number of rotatable bonds is 16. The van der Waals surface area contributed by atoms with Crippen molar-refractivity contribution in [2.24, 2.45) is 10.9 Å². The second-order valence-corrected chi connectivity index (χ2v) is 9.19. The van der Waals surface area contributed by atoms with Crippen molar-refractivity contribution < 1.29 is 0 Å². The highest BCUT2D eigenvalue weighted by Gasteiger charge is 2.16. The van der Waals surface area contributed by atoms with E-state index in [4.69, 9.17) is 0 Å². The molecule has 0 saturated heterocycles. The van der Waals surface area contributed by atoms with Crippen LogP contribution in [0.25, 0.3) is 0 Å². The van der Waals surface area contributed by atoms with Crippen molar-refractivity contribution in [1.29, 1.82) is 0 Å². The van der Waals surface area contributed by atoms with Crippen molar-refractivity contribution in [2.75, 3.05) is 26.2 Å². The summed E-state index contributed by atoms with van der Waals surface area (Å²) in [7, 11) is 0. The summed E-state index contributed by atoms with van der Waals surface area (Å²) in [6.45, 7) is 14.1. The van der Waals surface area contributed by atoms with E-state index in [9.17, 15) is 0 Å². The molecule has 3 nitrogen and oxygen atoms in total. The Bertz CT molecular complexity index is 648. The molecule has 1 fully saturated rings. The molecule has 1 aliphatic carbocycles. The van der Waals surface area contributed by atoms with Crippen LogP contribution in [0.15, 0.2) is 64.9 Å². The van der Waals surface area contributed by atoms with Gasteiger partial charge in [0, 0.05) is 38.1 Å². The standard InChI is InChI=1S/C28H47N3S/c1-5-11-27(24-29-19-8-4)23-26-17-15-25(16-18-26)14-9-10-21-31(32)22-20-30-28(12-6-2)13-7-3/h5-6,11-13,23-25,30,32H,1,7-10,14-22H2,2-4H3/b12-6-,26-23?,27-11+,28-13+,29-24?. The molecule has 0 amide bonds. The van der Waals surface area contributed by atoms with Gasteiger partial charge >= 0.3 is 0 Å². The van der Waals surface area contributed by atoms with Crippen LogP contribution in [0.5, 0.6) is 0 Å². The highest BCUT2D eigenvalue weighted by molar-refractivity contribution is 7.77. The molecule has 1 aliphatic rings.